The van der Waals surface area contributed by atoms with Crippen LogP contribution in [0, 0.1) is 17.0 Å². The summed E-state index contributed by atoms with van der Waals surface area (Å²) in [4.78, 5) is 39.6. The molecular formula is C24H30N4O4. The van der Waals surface area contributed by atoms with E-state index in [9.17, 15) is 19.7 Å². The molecule has 2 aromatic rings. The fourth-order valence-electron chi connectivity index (χ4n) is 3.80. The Morgan fingerprint density at radius 2 is 1.72 bits per heavy atom. The third-order valence-electron chi connectivity index (χ3n) is 5.78. The van der Waals surface area contributed by atoms with Crippen molar-refractivity contribution in [3.63, 3.8) is 0 Å². The van der Waals surface area contributed by atoms with Crippen LogP contribution in [0.15, 0.2) is 42.5 Å². The third kappa shape index (κ3) is 5.84. The zero-order chi connectivity index (χ0) is 23.1. The molecule has 1 heterocycles. The Morgan fingerprint density at radius 1 is 1.03 bits per heavy atom. The number of nitro groups is 1. The highest BCUT2D eigenvalue weighted by molar-refractivity contribution is 6.04. The number of hydrogen-bond acceptors (Lipinski definition) is 5. The monoisotopic (exact) mass is 438 g/mol. The highest BCUT2D eigenvalue weighted by Crippen LogP contribution is 2.22. The Balaban J connectivity index is 1.54. The first-order valence-electron chi connectivity index (χ1n) is 11.1. The molecule has 8 nitrogen and oxygen atoms in total. The molecule has 1 saturated heterocycles. The average molecular weight is 439 g/mol. The number of unbranched alkanes of at least 4 members (excludes halogenated alkanes) is 2. The van der Waals surface area contributed by atoms with Crippen LogP contribution in [0.3, 0.4) is 0 Å². The molecule has 2 amide bonds. The van der Waals surface area contributed by atoms with Gasteiger partial charge in [0.2, 0.25) is 5.91 Å². The van der Waals surface area contributed by atoms with Gasteiger partial charge in [0.15, 0.2) is 0 Å². The quantitative estimate of drug-likeness (QED) is 0.375. The first-order chi connectivity index (χ1) is 15.4. The van der Waals surface area contributed by atoms with E-state index in [1.807, 2.05) is 29.2 Å². The van der Waals surface area contributed by atoms with Gasteiger partial charge in [0, 0.05) is 61.2 Å². The molecule has 0 saturated carbocycles. The van der Waals surface area contributed by atoms with Gasteiger partial charge in [0.25, 0.3) is 11.6 Å². The minimum Gasteiger partial charge on any atom is -0.368 e. The van der Waals surface area contributed by atoms with E-state index in [-0.39, 0.29) is 17.2 Å². The predicted molar refractivity (Wildman–Crippen MR) is 125 cm³/mol. The molecule has 0 unspecified atom stereocenters. The van der Waals surface area contributed by atoms with Gasteiger partial charge in [-0.05, 0) is 43.7 Å². The van der Waals surface area contributed by atoms with Crippen LogP contribution < -0.4 is 10.2 Å². The summed E-state index contributed by atoms with van der Waals surface area (Å²) in [5.41, 5.74) is 2.33. The van der Waals surface area contributed by atoms with Gasteiger partial charge in [-0.25, -0.2) is 0 Å². The number of carbonyl (C=O) groups is 2. The van der Waals surface area contributed by atoms with Gasteiger partial charge >= 0.3 is 0 Å². The van der Waals surface area contributed by atoms with E-state index in [1.165, 1.54) is 6.07 Å². The van der Waals surface area contributed by atoms with Crippen molar-refractivity contribution in [2.45, 2.75) is 39.5 Å². The first kappa shape index (κ1) is 23.2. The number of rotatable bonds is 8. The van der Waals surface area contributed by atoms with Crippen LogP contribution in [0.2, 0.25) is 0 Å². The Morgan fingerprint density at radius 3 is 2.34 bits per heavy atom. The summed E-state index contributed by atoms with van der Waals surface area (Å²) in [6.07, 6.45) is 3.79. The van der Waals surface area contributed by atoms with Gasteiger partial charge < -0.3 is 15.1 Å². The molecule has 1 aliphatic rings. The standard InChI is InChI=1S/C24H30N4O4/c1-3-4-5-6-23(29)27-15-13-26(14-16-27)21-11-9-20(10-12-21)25-24(30)19-8-7-18(2)22(17-19)28(31)32/h7-12,17H,3-6,13-16H2,1-2H3,(H,25,30). The topological polar surface area (TPSA) is 95.8 Å². The summed E-state index contributed by atoms with van der Waals surface area (Å²) in [7, 11) is 0. The van der Waals surface area contributed by atoms with Crippen LogP contribution in [-0.4, -0.2) is 47.8 Å². The first-order valence-corrected chi connectivity index (χ1v) is 11.1. The molecule has 3 rings (SSSR count). The maximum absolute atomic E-state index is 12.5. The lowest BCUT2D eigenvalue weighted by Crippen LogP contribution is -2.48. The molecule has 0 atom stereocenters. The van der Waals surface area contributed by atoms with Gasteiger partial charge in [-0.2, -0.15) is 0 Å². The van der Waals surface area contributed by atoms with Crippen molar-refractivity contribution in [2.24, 2.45) is 0 Å². The molecule has 8 heteroatoms. The van der Waals surface area contributed by atoms with E-state index in [0.717, 1.165) is 51.1 Å². The summed E-state index contributed by atoms with van der Waals surface area (Å²) in [5, 5.41) is 13.9. The molecule has 1 fully saturated rings. The lowest BCUT2D eigenvalue weighted by molar-refractivity contribution is -0.385. The largest absolute Gasteiger partial charge is 0.368 e. The third-order valence-corrected chi connectivity index (χ3v) is 5.78. The van der Waals surface area contributed by atoms with E-state index >= 15 is 0 Å². The summed E-state index contributed by atoms with van der Waals surface area (Å²) >= 11 is 0. The number of aryl methyl sites for hydroxylation is 1. The molecule has 2 aromatic carbocycles. The number of piperazine rings is 1. The molecule has 170 valence electrons. The van der Waals surface area contributed by atoms with Gasteiger partial charge in [-0.1, -0.05) is 25.8 Å². The number of hydrogen-bond donors (Lipinski definition) is 1. The Labute approximate surface area is 188 Å². The lowest BCUT2D eigenvalue weighted by atomic mass is 10.1. The van der Waals surface area contributed by atoms with Crippen molar-refractivity contribution in [1.82, 2.24) is 4.90 Å². The van der Waals surface area contributed by atoms with Gasteiger partial charge in [0.05, 0.1) is 4.92 Å². The van der Waals surface area contributed by atoms with Crippen molar-refractivity contribution < 1.29 is 14.5 Å². The summed E-state index contributed by atoms with van der Waals surface area (Å²) in [5.74, 6) is -0.149. The SMILES string of the molecule is CCCCCC(=O)N1CCN(c2ccc(NC(=O)c3ccc(C)c([N+](=O)[O-])c3)cc2)CC1. The number of anilines is 2. The number of nitrogens with one attached hydrogen (secondary N) is 1. The summed E-state index contributed by atoms with van der Waals surface area (Å²) < 4.78 is 0. The highest BCUT2D eigenvalue weighted by atomic mass is 16.6. The second kappa shape index (κ2) is 10.7. The Bertz CT molecular complexity index is 966. The van der Waals surface area contributed by atoms with Crippen LogP contribution >= 0.6 is 0 Å². The Hall–Kier alpha value is -3.42. The van der Waals surface area contributed by atoms with Crippen LogP contribution in [0.25, 0.3) is 0 Å². The van der Waals surface area contributed by atoms with Gasteiger partial charge in [0.1, 0.15) is 0 Å². The highest BCUT2D eigenvalue weighted by Gasteiger charge is 2.21. The fourth-order valence-corrected chi connectivity index (χ4v) is 3.80. The smallest absolute Gasteiger partial charge is 0.273 e. The minimum atomic E-state index is -0.487. The van der Waals surface area contributed by atoms with Crippen molar-refractivity contribution in [3.8, 4) is 0 Å². The van der Waals surface area contributed by atoms with Gasteiger partial charge in [-0.15, -0.1) is 0 Å². The van der Waals surface area contributed by atoms with E-state index in [1.54, 1.807) is 19.1 Å². The second-order valence-corrected chi connectivity index (χ2v) is 8.08. The van der Waals surface area contributed by atoms with Crippen LogP contribution in [0.5, 0.6) is 0 Å². The van der Waals surface area contributed by atoms with Gasteiger partial charge in [-0.3, -0.25) is 19.7 Å². The lowest BCUT2D eigenvalue weighted by Gasteiger charge is -2.36. The zero-order valence-corrected chi connectivity index (χ0v) is 18.7. The number of amides is 2. The average Bonchev–Trinajstić information content (AvgIpc) is 2.80. The zero-order valence-electron chi connectivity index (χ0n) is 18.7. The van der Waals surface area contributed by atoms with E-state index < -0.39 is 10.8 Å². The molecule has 1 N–H and O–H groups in total. The minimum absolute atomic E-state index is 0.0732. The Kier molecular flexibility index (Phi) is 7.81. The predicted octanol–water partition coefficient (Wildman–Crippen LogP) is 4.38. The molecular weight excluding hydrogens is 408 g/mol. The molecule has 1 aliphatic heterocycles. The summed E-state index contributed by atoms with van der Waals surface area (Å²) in [6.45, 7) is 6.76. The normalized spacial score (nSPS) is 13.7. The summed E-state index contributed by atoms with van der Waals surface area (Å²) in [6, 6.07) is 12.0. The number of nitro benzene ring substituents is 1. The van der Waals surface area contributed by atoms with Crippen LogP contribution in [-0.2, 0) is 4.79 Å². The van der Waals surface area contributed by atoms with Crippen molar-refractivity contribution in [3.05, 3.63) is 63.7 Å². The maximum atomic E-state index is 12.5. The maximum Gasteiger partial charge on any atom is 0.273 e. The van der Waals surface area contributed by atoms with E-state index in [2.05, 4.69) is 17.1 Å². The molecule has 0 bridgehead atoms. The number of carbonyl (C=O) groups excluding carboxylic acids is 2. The van der Waals surface area contributed by atoms with Crippen LogP contribution in [0.4, 0.5) is 17.1 Å². The van der Waals surface area contributed by atoms with Crippen molar-refractivity contribution >= 4 is 28.9 Å². The van der Waals surface area contributed by atoms with Crippen LogP contribution in [0.1, 0.15) is 48.5 Å². The fraction of sp³-hybridized carbons (Fsp3) is 0.417. The number of benzene rings is 2. The number of nitrogens with zero attached hydrogens (tertiary/aromatic N) is 3. The van der Waals surface area contributed by atoms with Crippen molar-refractivity contribution in [1.29, 1.82) is 0 Å². The molecule has 0 aromatic heterocycles. The molecule has 0 aliphatic carbocycles. The van der Waals surface area contributed by atoms with Crippen molar-refractivity contribution in [2.75, 3.05) is 36.4 Å². The van der Waals surface area contributed by atoms with E-state index in [4.69, 9.17) is 0 Å². The molecule has 32 heavy (non-hydrogen) atoms. The molecule has 0 radical (unpaired) electrons. The van der Waals surface area contributed by atoms with E-state index in [0.29, 0.717) is 17.7 Å². The molecule has 0 spiro atoms. The second-order valence-electron chi connectivity index (χ2n) is 8.08.